The van der Waals surface area contributed by atoms with E-state index < -0.39 is 0 Å². The molecule has 0 unspecified atom stereocenters. The minimum atomic E-state index is -0.231. The number of ether oxygens (including phenoxy) is 2. The van der Waals surface area contributed by atoms with Gasteiger partial charge in [-0.3, -0.25) is 4.79 Å². The number of carbonyl (C=O) groups is 1. The molecule has 2 rings (SSSR count). The quantitative estimate of drug-likeness (QED) is 0.685. The van der Waals surface area contributed by atoms with Crippen molar-refractivity contribution >= 4 is 40.5 Å². The van der Waals surface area contributed by atoms with Crippen molar-refractivity contribution in [2.24, 2.45) is 0 Å². The van der Waals surface area contributed by atoms with Crippen LogP contribution >= 0.6 is 23.2 Å². The van der Waals surface area contributed by atoms with E-state index in [4.69, 9.17) is 32.7 Å². The van der Waals surface area contributed by atoms with Gasteiger partial charge in [0.1, 0.15) is 11.5 Å². The van der Waals surface area contributed by atoms with E-state index in [-0.39, 0.29) is 12.5 Å². The number of amides is 1. The van der Waals surface area contributed by atoms with Crippen LogP contribution in [0.25, 0.3) is 0 Å². The van der Waals surface area contributed by atoms with Crippen LogP contribution in [-0.4, -0.2) is 25.7 Å². The fraction of sp³-hybridized carbons (Fsp3) is 0.278. The first kappa shape index (κ1) is 19.2. The summed E-state index contributed by atoms with van der Waals surface area (Å²) in [6.07, 6.45) is 0. The molecule has 0 radical (unpaired) electrons. The zero-order valence-corrected chi connectivity index (χ0v) is 15.6. The highest BCUT2D eigenvalue weighted by atomic mass is 35.5. The number of halogens is 2. The number of hydrogen-bond acceptors (Lipinski definition) is 4. The highest BCUT2D eigenvalue weighted by Gasteiger charge is 2.10. The molecule has 2 aromatic carbocycles. The van der Waals surface area contributed by atoms with E-state index in [2.05, 4.69) is 10.6 Å². The third-order valence-electron chi connectivity index (χ3n) is 3.15. The third kappa shape index (κ3) is 6.03. The average Bonchev–Trinajstić information content (AvgIpc) is 2.55. The molecule has 25 heavy (non-hydrogen) atoms. The Morgan fingerprint density at radius 3 is 2.32 bits per heavy atom. The molecule has 0 aliphatic carbocycles. The first-order valence-corrected chi connectivity index (χ1v) is 8.67. The van der Waals surface area contributed by atoms with Crippen LogP contribution in [0.3, 0.4) is 0 Å². The fourth-order valence-electron chi connectivity index (χ4n) is 2.18. The summed E-state index contributed by atoms with van der Waals surface area (Å²) in [7, 11) is 0. The molecule has 0 aliphatic rings. The lowest BCUT2D eigenvalue weighted by Gasteiger charge is -2.14. The number of anilines is 2. The van der Waals surface area contributed by atoms with Crippen molar-refractivity contribution in [3.05, 3.63) is 46.4 Å². The van der Waals surface area contributed by atoms with E-state index in [1.807, 2.05) is 13.8 Å². The van der Waals surface area contributed by atoms with Gasteiger partial charge >= 0.3 is 0 Å². The normalized spacial score (nSPS) is 10.2. The summed E-state index contributed by atoms with van der Waals surface area (Å²) in [6.45, 7) is 4.87. The van der Waals surface area contributed by atoms with Gasteiger partial charge in [-0.05, 0) is 44.2 Å². The minimum absolute atomic E-state index is 0.0566. The molecule has 2 N–H and O–H groups in total. The van der Waals surface area contributed by atoms with Crippen LogP contribution in [0.2, 0.25) is 10.0 Å². The summed E-state index contributed by atoms with van der Waals surface area (Å²) >= 11 is 11.9. The van der Waals surface area contributed by atoms with Crippen molar-refractivity contribution in [3.63, 3.8) is 0 Å². The second-order valence-electron chi connectivity index (χ2n) is 5.08. The van der Waals surface area contributed by atoms with E-state index in [9.17, 15) is 4.79 Å². The number of benzene rings is 2. The van der Waals surface area contributed by atoms with Gasteiger partial charge in [-0.15, -0.1) is 0 Å². The second-order valence-corrected chi connectivity index (χ2v) is 5.96. The molecule has 134 valence electrons. The van der Waals surface area contributed by atoms with Gasteiger partial charge < -0.3 is 20.1 Å². The largest absolute Gasteiger partial charge is 0.494 e. The monoisotopic (exact) mass is 382 g/mol. The Bertz CT molecular complexity index is 718. The molecule has 7 heteroatoms. The molecule has 0 atom stereocenters. The van der Waals surface area contributed by atoms with Crippen molar-refractivity contribution in [1.82, 2.24) is 0 Å². The SMILES string of the molecule is CCOc1ccc(OCC)c(NC(=O)CNc2cc(Cl)cc(Cl)c2)c1. The number of hydrogen-bond donors (Lipinski definition) is 2. The molecule has 0 fully saturated rings. The first-order valence-electron chi connectivity index (χ1n) is 7.91. The lowest BCUT2D eigenvalue weighted by Crippen LogP contribution is -2.22. The Morgan fingerprint density at radius 1 is 1.00 bits per heavy atom. The number of nitrogens with one attached hydrogen (secondary N) is 2. The third-order valence-corrected chi connectivity index (χ3v) is 3.59. The molecule has 2 aromatic rings. The van der Waals surface area contributed by atoms with E-state index in [1.165, 1.54) is 0 Å². The van der Waals surface area contributed by atoms with Crippen LogP contribution in [0.5, 0.6) is 11.5 Å². The summed E-state index contributed by atoms with van der Waals surface area (Å²) in [5, 5.41) is 6.80. The van der Waals surface area contributed by atoms with Crippen LogP contribution in [0.4, 0.5) is 11.4 Å². The molecule has 0 spiro atoms. The lowest BCUT2D eigenvalue weighted by atomic mass is 10.2. The smallest absolute Gasteiger partial charge is 0.243 e. The highest BCUT2D eigenvalue weighted by Crippen LogP contribution is 2.29. The van der Waals surface area contributed by atoms with Crippen LogP contribution in [0, 0.1) is 0 Å². The van der Waals surface area contributed by atoms with Gasteiger partial charge in [0.15, 0.2) is 0 Å². The Morgan fingerprint density at radius 2 is 1.68 bits per heavy atom. The van der Waals surface area contributed by atoms with Gasteiger partial charge in [0.25, 0.3) is 0 Å². The van der Waals surface area contributed by atoms with E-state index in [0.29, 0.717) is 46.1 Å². The van der Waals surface area contributed by atoms with Crippen LogP contribution in [0.15, 0.2) is 36.4 Å². The predicted molar refractivity (Wildman–Crippen MR) is 102 cm³/mol. The topological polar surface area (TPSA) is 59.6 Å². The van der Waals surface area contributed by atoms with E-state index >= 15 is 0 Å². The molecule has 0 aliphatic heterocycles. The summed E-state index contributed by atoms with van der Waals surface area (Å²) < 4.78 is 11.0. The van der Waals surface area contributed by atoms with Crippen molar-refractivity contribution < 1.29 is 14.3 Å². The molecule has 0 bridgehead atoms. The van der Waals surface area contributed by atoms with Gasteiger partial charge in [0.2, 0.25) is 5.91 Å². The van der Waals surface area contributed by atoms with Crippen LogP contribution < -0.4 is 20.1 Å². The number of carbonyl (C=O) groups excluding carboxylic acids is 1. The zero-order chi connectivity index (χ0) is 18.2. The number of rotatable bonds is 8. The fourth-order valence-corrected chi connectivity index (χ4v) is 2.70. The maximum Gasteiger partial charge on any atom is 0.243 e. The maximum atomic E-state index is 12.2. The van der Waals surface area contributed by atoms with Crippen molar-refractivity contribution in [3.8, 4) is 11.5 Å². The van der Waals surface area contributed by atoms with E-state index in [1.54, 1.807) is 36.4 Å². The molecular formula is C18H20Cl2N2O3. The molecule has 0 heterocycles. The standard InChI is InChI=1S/C18H20Cl2N2O3/c1-3-24-15-5-6-17(25-4-2)16(10-15)22-18(23)11-21-14-8-12(19)7-13(20)9-14/h5-10,21H,3-4,11H2,1-2H3,(H,22,23). The van der Waals surface area contributed by atoms with Crippen molar-refractivity contribution in [1.29, 1.82) is 0 Å². The van der Waals surface area contributed by atoms with E-state index in [0.717, 1.165) is 0 Å². The summed E-state index contributed by atoms with van der Waals surface area (Å²) in [5.74, 6) is 1.02. The van der Waals surface area contributed by atoms with Crippen molar-refractivity contribution in [2.45, 2.75) is 13.8 Å². The van der Waals surface area contributed by atoms with Gasteiger partial charge in [-0.2, -0.15) is 0 Å². The minimum Gasteiger partial charge on any atom is -0.494 e. The average molecular weight is 383 g/mol. The Labute approximate surface area is 157 Å². The van der Waals surface area contributed by atoms with Gasteiger partial charge in [-0.1, -0.05) is 23.2 Å². The predicted octanol–water partition coefficient (Wildman–Crippen LogP) is 4.84. The Hall–Kier alpha value is -2.11. The van der Waals surface area contributed by atoms with Gasteiger partial charge in [0.05, 0.1) is 25.4 Å². The van der Waals surface area contributed by atoms with Gasteiger partial charge in [0, 0.05) is 21.8 Å². The molecule has 1 amide bonds. The summed E-state index contributed by atoms with van der Waals surface area (Å²) in [6, 6.07) is 10.3. The maximum absolute atomic E-state index is 12.2. The lowest BCUT2D eigenvalue weighted by molar-refractivity contribution is -0.114. The van der Waals surface area contributed by atoms with Crippen LogP contribution in [-0.2, 0) is 4.79 Å². The summed E-state index contributed by atoms with van der Waals surface area (Å²) in [5.41, 5.74) is 1.23. The molecule has 0 saturated heterocycles. The first-order chi connectivity index (χ1) is 12.0. The Kier molecular flexibility index (Phi) is 7.22. The zero-order valence-electron chi connectivity index (χ0n) is 14.1. The second kappa shape index (κ2) is 9.39. The van der Waals surface area contributed by atoms with Crippen molar-refractivity contribution in [2.75, 3.05) is 30.4 Å². The molecular weight excluding hydrogens is 363 g/mol. The van der Waals surface area contributed by atoms with Gasteiger partial charge in [-0.25, -0.2) is 0 Å². The molecule has 0 saturated carbocycles. The van der Waals surface area contributed by atoms with Crippen LogP contribution in [0.1, 0.15) is 13.8 Å². The highest BCUT2D eigenvalue weighted by molar-refractivity contribution is 6.35. The Balaban J connectivity index is 2.04. The molecule has 0 aromatic heterocycles. The molecule has 5 nitrogen and oxygen atoms in total. The summed E-state index contributed by atoms with van der Waals surface area (Å²) in [4.78, 5) is 12.2.